The van der Waals surface area contributed by atoms with Gasteiger partial charge < -0.3 is 10.4 Å². The maximum atomic E-state index is 13.8. The highest BCUT2D eigenvalue weighted by atomic mass is 127. The van der Waals surface area contributed by atoms with Crippen molar-refractivity contribution >= 4 is 51.5 Å². The number of anilines is 2. The summed E-state index contributed by atoms with van der Waals surface area (Å²) in [5.41, 5.74) is -0.578. The smallest absolute Gasteiger partial charge is 0.335 e. The van der Waals surface area contributed by atoms with E-state index in [0.717, 1.165) is 15.7 Å². The molecule has 0 bridgehead atoms. The van der Waals surface area contributed by atoms with E-state index in [1.54, 1.807) is 18.2 Å². The fourth-order valence-corrected chi connectivity index (χ4v) is 2.44. The van der Waals surface area contributed by atoms with Crippen LogP contribution in [-0.2, 0) is 0 Å². The van der Waals surface area contributed by atoms with Crippen LogP contribution < -0.4 is 5.32 Å². The van der Waals surface area contributed by atoms with E-state index in [4.69, 9.17) is 16.7 Å². The summed E-state index contributed by atoms with van der Waals surface area (Å²) < 4.78 is 28.4. The van der Waals surface area contributed by atoms with E-state index < -0.39 is 28.9 Å². The van der Waals surface area contributed by atoms with Gasteiger partial charge in [0, 0.05) is 3.57 Å². The number of aromatic carboxylic acids is 1. The first-order chi connectivity index (χ1) is 9.38. The summed E-state index contributed by atoms with van der Waals surface area (Å²) in [7, 11) is 0. The van der Waals surface area contributed by atoms with E-state index in [-0.39, 0.29) is 0 Å². The molecule has 20 heavy (non-hydrogen) atoms. The first kappa shape index (κ1) is 15.0. The van der Waals surface area contributed by atoms with Crippen molar-refractivity contribution in [1.29, 1.82) is 0 Å². The molecule has 0 aliphatic rings. The Morgan fingerprint density at radius 2 is 1.80 bits per heavy atom. The molecule has 0 saturated heterocycles. The number of carboxylic acids is 1. The summed E-state index contributed by atoms with van der Waals surface area (Å²) in [6.07, 6.45) is 0. The Morgan fingerprint density at radius 1 is 1.20 bits per heavy atom. The highest BCUT2D eigenvalue weighted by Gasteiger charge is 2.15. The van der Waals surface area contributed by atoms with Crippen molar-refractivity contribution in [2.24, 2.45) is 0 Å². The van der Waals surface area contributed by atoms with E-state index in [1.807, 2.05) is 0 Å². The van der Waals surface area contributed by atoms with Gasteiger partial charge in [0.15, 0.2) is 11.6 Å². The molecule has 2 N–H and O–H groups in total. The predicted molar refractivity (Wildman–Crippen MR) is 80.8 cm³/mol. The van der Waals surface area contributed by atoms with Crippen LogP contribution in [0.2, 0.25) is 5.02 Å². The molecule has 2 aromatic rings. The van der Waals surface area contributed by atoms with E-state index >= 15 is 0 Å². The van der Waals surface area contributed by atoms with Gasteiger partial charge in [-0.2, -0.15) is 0 Å². The molecule has 2 rings (SSSR count). The van der Waals surface area contributed by atoms with Crippen molar-refractivity contribution in [2.45, 2.75) is 0 Å². The molecule has 0 unspecified atom stereocenters. The lowest BCUT2D eigenvalue weighted by atomic mass is 10.2. The lowest BCUT2D eigenvalue weighted by Gasteiger charge is -2.11. The average Bonchev–Trinajstić information content (AvgIpc) is 2.35. The van der Waals surface area contributed by atoms with E-state index in [0.29, 0.717) is 10.7 Å². The maximum Gasteiger partial charge on any atom is 0.335 e. The Balaban J connectivity index is 2.41. The molecule has 7 heteroatoms. The average molecular weight is 410 g/mol. The summed E-state index contributed by atoms with van der Waals surface area (Å²) in [6, 6.07) is 6.42. The van der Waals surface area contributed by atoms with Gasteiger partial charge >= 0.3 is 5.97 Å². The number of hydrogen-bond acceptors (Lipinski definition) is 2. The molecule has 0 aliphatic carbocycles. The molecule has 104 valence electrons. The minimum Gasteiger partial charge on any atom is -0.478 e. The summed E-state index contributed by atoms with van der Waals surface area (Å²) in [4.78, 5) is 10.7. The van der Waals surface area contributed by atoms with E-state index in [1.165, 1.54) is 0 Å². The van der Waals surface area contributed by atoms with Gasteiger partial charge in [0.2, 0.25) is 0 Å². The molecule has 2 aromatic carbocycles. The van der Waals surface area contributed by atoms with E-state index in [9.17, 15) is 13.6 Å². The molecule has 0 amide bonds. The van der Waals surface area contributed by atoms with Crippen LogP contribution in [-0.4, -0.2) is 11.1 Å². The first-order valence-corrected chi connectivity index (χ1v) is 6.78. The van der Waals surface area contributed by atoms with Crippen LogP contribution in [0.25, 0.3) is 0 Å². The zero-order valence-corrected chi connectivity index (χ0v) is 12.7. The SMILES string of the molecule is O=C(O)c1cc(F)c(Nc2ccc(I)cc2Cl)c(F)c1. The number of halogens is 4. The lowest BCUT2D eigenvalue weighted by Crippen LogP contribution is -2.03. The van der Waals surface area contributed by atoms with Crippen LogP contribution in [0.1, 0.15) is 10.4 Å². The summed E-state index contributed by atoms with van der Waals surface area (Å²) >= 11 is 8.01. The number of hydrogen-bond donors (Lipinski definition) is 2. The van der Waals surface area contributed by atoms with Gasteiger partial charge in [-0.05, 0) is 52.9 Å². The molecule has 0 spiro atoms. The van der Waals surface area contributed by atoms with Gasteiger partial charge in [-0.3, -0.25) is 0 Å². The molecular formula is C13H7ClF2INO2. The number of carboxylic acid groups (broad SMARTS) is 1. The van der Waals surface area contributed by atoms with Gasteiger partial charge in [0.1, 0.15) is 5.69 Å². The van der Waals surface area contributed by atoms with E-state index in [2.05, 4.69) is 27.9 Å². The predicted octanol–water partition coefficient (Wildman–Crippen LogP) is 4.66. The van der Waals surface area contributed by atoms with Crippen molar-refractivity contribution in [2.75, 3.05) is 5.32 Å². The molecule has 0 radical (unpaired) electrons. The third-order valence-electron chi connectivity index (χ3n) is 2.48. The second kappa shape index (κ2) is 5.92. The molecule has 3 nitrogen and oxygen atoms in total. The molecule has 0 heterocycles. The third kappa shape index (κ3) is 3.18. The molecule has 0 saturated carbocycles. The second-order valence-electron chi connectivity index (χ2n) is 3.87. The van der Waals surface area contributed by atoms with Crippen LogP contribution >= 0.6 is 34.2 Å². The summed E-state index contributed by atoms with van der Waals surface area (Å²) in [5, 5.41) is 11.5. The van der Waals surface area contributed by atoms with Crippen LogP contribution in [0.4, 0.5) is 20.2 Å². The zero-order valence-electron chi connectivity index (χ0n) is 9.75. The molecule has 0 atom stereocenters. The van der Waals surface area contributed by atoms with Gasteiger partial charge in [-0.25, -0.2) is 13.6 Å². The van der Waals surface area contributed by atoms with Crippen molar-refractivity contribution in [1.82, 2.24) is 0 Å². The molecular weight excluding hydrogens is 403 g/mol. The number of carbonyl (C=O) groups is 1. The maximum absolute atomic E-state index is 13.8. The normalized spacial score (nSPS) is 10.4. The van der Waals surface area contributed by atoms with Crippen LogP contribution in [0, 0.1) is 15.2 Å². The number of rotatable bonds is 3. The Hall–Kier alpha value is -1.41. The fourth-order valence-electron chi connectivity index (χ4n) is 1.54. The third-order valence-corrected chi connectivity index (χ3v) is 3.46. The highest BCUT2D eigenvalue weighted by molar-refractivity contribution is 14.1. The van der Waals surface area contributed by atoms with Crippen molar-refractivity contribution in [3.05, 3.63) is 56.1 Å². The van der Waals surface area contributed by atoms with Gasteiger partial charge in [0.25, 0.3) is 0 Å². The standard InChI is InChI=1S/C13H7ClF2INO2/c14-8-5-7(17)1-2-11(8)18-12-9(15)3-6(13(19)20)4-10(12)16/h1-5,18H,(H,19,20). The number of nitrogens with one attached hydrogen (secondary N) is 1. The van der Waals surface area contributed by atoms with Crippen LogP contribution in [0.5, 0.6) is 0 Å². The second-order valence-corrected chi connectivity index (χ2v) is 5.52. The highest BCUT2D eigenvalue weighted by Crippen LogP contribution is 2.30. The van der Waals surface area contributed by atoms with Gasteiger partial charge in [-0.1, -0.05) is 11.6 Å². The van der Waals surface area contributed by atoms with Crippen LogP contribution in [0.15, 0.2) is 30.3 Å². The Bertz CT molecular complexity index is 671. The largest absolute Gasteiger partial charge is 0.478 e. The quantitative estimate of drug-likeness (QED) is 0.725. The molecule has 0 aromatic heterocycles. The summed E-state index contributed by atoms with van der Waals surface area (Å²) in [6.45, 7) is 0. The lowest BCUT2D eigenvalue weighted by molar-refractivity contribution is 0.0696. The van der Waals surface area contributed by atoms with Crippen LogP contribution in [0.3, 0.4) is 0 Å². The first-order valence-electron chi connectivity index (χ1n) is 5.33. The minimum atomic E-state index is -1.40. The topological polar surface area (TPSA) is 49.3 Å². The Labute approximate surface area is 131 Å². The minimum absolute atomic E-state index is 0.304. The zero-order chi connectivity index (χ0) is 14.9. The number of benzene rings is 2. The van der Waals surface area contributed by atoms with Crippen molar-refractivity contribution in [3.8, 4) is 0 Å². The molecule has 0 aliphatic heterocycles. The van der Waals surface area contributed by atoms with Gasteiger partial charge in [0.05, 0.1) is 16.3 Å². The molecule has 0 fully saturated rings. The summed E-state index contributed by atoms with van der Waals surface area (Å²) in [5.74, 6) is -3.41. The Kier molecular flexibility index (Phi) is 4.44. The van der Waals surface area contributed by atoms with Crippen molar-refractivity contribution in [3.63, 3.8) is 0 Å². The Morgan fingerprint density at radius 3 is 2.30 bits per heavy atom. The monoisotopic (exact) mass is 409 g/mol. The fraction of sp³-hybridized carbons (Fsp3) is 0. The van der Waals surface area contributed by atoms with Gasteiger partial charge in [-0.15, -0.1) is 0 Å². The van der Waals surface area contributed by atoms with Crippen molar-refractivity contribution < 1.29 is 18.7 Å².